The van der Waals surface area contributed by atoms with Crippen molar-refractivity contribution >= 4 is 40.4 Å². The van der Waals surface area contributed by atoms with Gasteiger partial charge in [-0.25, -0.2) is 0 Å². The molecule has 2 aromatic carbocycles. The summed E-state index contributed by atoms with van der Waals surface area (Å²) in [5.41, 5.74) is 3.33. The van der Waals surface area contributed by atoms with Crippen molar-refractivity contribution < 1.29 is 9.59 Å². The summed E-state index contributed by atoms with van der Waals surface area (Å²) in [6.07, 6.45) is 2.42. The van der Waals surface area contributed by atoms with Crippen LogP contribution >= 0.6 is 11.6 Å². The molecule has 0 aliphatic carbocycles. The molecule has 0 bridgehead atoms. The van der Waals surface area contributed by atoms with E-state index in [1.54, 1.807) is 31.2 Å². The van der Waals surface area contributed by atoms with Gasteiger partial charge in [0.25, 0.3) is 11.8 Å². The third-order valence-corrected chi connectivity index (χ3v) is 6.15. The minimum absolute atomic E-state index is 0.286. The molecule has 0 spiro atoms. The van der Waals surface area contributed by atoms with E-state index in [1.807, 2.05) is 12.1 Å². The fourth-order valence-electron chi connectivity index (χ4n) is 4.03. The van der Waals surface area contributed by atoms with Gasteiger partial charge in [-0.3, -0.25) is 14.5 Å². The highest BCUT2D eigenvalue weighted by atomic mass is 35.5. The van der Waals surface area contributed by atoms with Crippen LogP contribution in [-0.4, -0.2) is 36.3 Å². The molecule has 1 N–H and O–H groups in total. The first kappa shape index (κ1) is 20.5. The normalized spacial score (nSPS) is 17.8. The van der Waals surface area contributed by atoms with Gasteiger partial charge in [-0.1, -0.05) is 30.7 Å². The third kappa shape index (κ3) is 3.94. The number of halogens is 1. The van der Waals surface area contributed by atoms with Crippen LogP contribution in [0.5, 0.6) is 0 Å². The van der Waals surface area contributed by atoms with Crippen LogP contribution in [0, 0.1) is 5.92 Å². The first-order valence-electron chi connectivity index (χ1n) is 10.5. The Morgan fingerprint density at radius 2 is 1.60 bits per heavy atom. The minimum atomic E-state index is -0.304. The number of imide groups is 1. The number of benzene rings is 2. The molecule has 2 aliphatic rings. The lowest BCUT2D eigenvalue weighted by Gasteiger charge is -2.32. The Hall–Kier alpha value is -2.79. The van der Waals surface area contributed by atoms with Gasteiger partial charge in [0, 0.05) is 36.0 Å². The Bertz CT molecular complexity index is 975. The van der Waals surface area contributed by atoms with Crippen LogP contribution in [0.4, 0.5) is 11.4 Å². The number of anilines is 2. The lowest BCUT2D eigenvalue weighted by Crippen LogP contribution is -2.32. The molecule has 0 aromatic heterocycles. The number of piperidine rings is 1. The van der Waals surface area contributed by atoms with Crippen molar-refractivity contribution in [3.05, 3.63) is 64.8 Å². The van der Waals surface area contributed by atoms with Gasteiger partial charge >= 0.3 is 0 Å². The van der Waals surface area contributed by atoms with Crippen LogP contribution < -0.4 is 10.2 Å². The summed E-state index contributed by atoms with van der Waals surface area (Å²) in [5, 5.41) is 3.79. The molecule has 0 radical (unpaired) electrons. The summed E-state index contributed by atoms with van der Waals surface area (Å²) in [7, 11) is 0. The molecular weight excluding hydrogens is 398 g/mol. The van der Waals surface area contributed by atoms with E-state index in [0.29, 0.717) is 28.4 Å². The van der Waals surface area contributed by atoms with E-state index in [4.69, 9.17) is 11.6 Å². The first-order chi connectivity index (χ1) is 14.5. The van der Waals surface area contributed by atoms with Crippen molar-refractivity contribution in [3.63, 3.8) is 0 Å². The summed E-state index contributed by atoms with van der Waals surface area (Å²) >= 11 is 5.99. The molecule has 2 aromatic rings. The highest BCUT2D eigenvalue weighted by molar-refractivity contribution is 6.36. The minimum Gasteiger partial charge on any atom is -0.372 e. The molecule has 2 aliphatic heterocycles. The first-order valence-corrected chi connectivity index (χ1v) is 10.8. The number of hydrogen-bond acceptors (Lipinski definition) is 4. The van der Waals surface area contributed by atoms with E-state index in [9.17, 15) is 9.59 Å². The molecular formula is C24H26ClN3O2. The molecule has 6 heteroatoms. The smallest absolute Gasteiger partial charge is 0.278 e. The number of nitrogens with zero attached hydrogens (tertiary/aromatic N) is 2. The van der Waals surface area contributed by atoms with Crippen molar-refractivity contribution in [2.45, 2.75) is 26.7 Å². The number of likely N-dealkylation sites (N-methyl/N-ethyl adjacent to an activating group) is 1. The second-order valence-corrected chi connectivity index (χ2v) is 8.39. The van der Waals surface area contributed by atoms with Crippen LogP contribution in [0.2, 0.25) is 5.02 Å². The summed E-state index contributed by atoms with van der Waals surface area (Å²) in [6, 6.07) is 15.1. The standard InChI is InChI=1S/C24H26ClN3O2/c1-3-28-23(29)21(17-4-6-18(25)7-5-17)22(24(28)30)26-19-8-10-20(11-9-19)27-14-12-16(2)13-15-27/h4-11,16,26H,3,12-15H2,1-2H3. The second-order valence-electron chi connectivity index (χ2n) is 7.95. The monoisotopic (exact) mass is 423 g/mol. The molecule has 1 saturated heterocycles. The Balaban J connectivity index is 1.61. The predicted octanol–water partition coefficient (Wildman–Crippen LogP) is 4.79. The number of amides is 2. The maximum Gasteiger partial charge on any atom is 0.278 e. The molecule has 2 heterocycles. The van der Waals surface area contributed by atoms with Crippen LogP contribution in [0.1, 0.15) is 32.3 Å². The summed E-state index contributed by atoms with van der Waals surface area (Å²) in [4.78, 5) is 29.4. The van der Waals surface area contributed by atoms with Crippen molar-refractivity contribution in [3.8, 4) is 0 Å². The highest BCUT2D eigenvalue weighted by Crippen LogP contribution is 2.32. The maximum atomic E-state index is 12.9. The zero-order valence-electron chi connectivity index (χ0n) is 17.3. The molecule has 5 nitrogen and oxygen atoms in total. The summed E-state index contributed by atoms with van der Waals surface area (Å²) < 4.78 is 0. The van der Waals surface area contributed by atoms with Gasteiger partial charge in [-0.05, 0) is 67.6 Å². The van der Waals surface area contributed by atoms with Crippen molar-refractivity contribution in [1.29, 1.82) is 0 Å². The summed E-state index contributed by atoms with van der Waals surface area (Å²) in [5.74, 6) is 0.195. The average Bonchev–Trinajstić information content (AvgIpc) is 2.99. The van der Waals surface area contributed by atoms with Crippen LogP contribution in [0.15, 0.2) is 54.2 Å². The topological polar surface area (TPSA) is 52.7 Å². The van der Waals surface area contributed by atoms with E-state index in [1.165, 1.54) is 23.4 Å². The van der Waals surface area contributed by atoms with Crippen LogP contribution in [-0.2, 0) is 9.59 Å². The summed E-state index contributed by atoms with van der Waals surface area (Å²) in [6.45, 7) is 6.56. The van der Waals surface area contributed by atoms with E-state index >= 15 is 0 Å². The van der Waals surface area contributed by atoms with E-state index in [0.717, 1.165) is 24.7 Å². The molecule has 156 valence electrons. The number of carbonyl (C=O) groups excluding carboxylic acids is 2. The number of rotatable bonds is 5. The zero-order valence-corrected chi connectivity index (χ0v) is 18.1. The molecule has 0 atom stereocenters. The van der Waals surface area contributed by atoms with Crippen LogP contribution in [0.3, 0.4) is 0 Å². The number of carbonyl (C=O) groups is 2. The van der Waals surface area contributed by atoms with Gasteiger partial charge in [-0.15, -0.1) is 0 Å². The molecule has 2 amide bonds. The van der Waals surface area contributed by atoms with E-state index < -0.39 is 0 Å². The van der Waals surface area contributed by atoms with Gasteiger partial charge in [0.05, 0.1) is 5.57 Å². The van der Waals surface area contributed by atoms with Gasteiger partial charge in [0.2, 0.25) is 0 Å². The highest BCUT2D eigenvalue weighted by Gasteiger charge is 2.38. The SMILES string of the molecule is CCN1C(=O)C(Nc2ccc(N3CCC(C)CC3)cc2)=C(c2ccc(Cl)cc2)C1=O. The van der Waals surface area contributed by atoms with Crippen molar-refractivity contribution in [1.82, 2.24) is 4.90 Å². The van der Waals surface area contributed by atoms with E-state index in [2.05, 4.69) is 29.3 Å². The molecule has 30 heavy (non-hydrogen) atoms. The molecule has 4 rings (SSSR count). The Morgan fingerprint density at radius 1 is 0.967 bits per heavy atom. The Kier molecular flexibility index (Phi) is 5.82. The van der Waals surface area contributed by atoms with Gasteiger partial charge in [0.1, 0.15) is 5.70 Å². The quantitative estimate of drug-likeness (QED) is 0.702. The van der Waals surface area contributed by atoms with E-state index in [-0.39, 0.29) is 11.8 Å². The Morgan fingerprint density at radius 3 is 2.20 bits per heavy atom. The lowest BCUT2D eigenvalue weighted by molar-refractivity contribution is -0.136. The second kappa shape index (κ2) is 8.52. The maximum absolute atomic E-state index is 12.9. The molecule has 0 saturated carbocycles. The Labute approximate surface area is 182 Å². The molecule has 1 fully saturated rings. The third-order valence-electron chi connectivity index (χ3n) is 5.90. The number of hydrogen-bond donors (Lipinski definition) is 1. The van der Waals surface area contributed by atoms with Gasteiger partial charge in [0.15, 0.2) is 0 Å². The predicted molar refractivity (Wildman–Crippen MR) is 121 cm³/mol. The average molecular weight is 424 g/mol. The largest absolute Gasteiger partial charge is 0.372 e. The van der Waals surface area contributed by atoms with Gasteiger partial charge < -0.3 is 10.2 Å². The van der Waals surface area contributed by atoms with Crippen molar-refractivity contribution in [2.75, 3.05) is 29.9 Å². The fourth-order valence-corrected chi connectivity index (χ4v) is 4.16. The lowest BCUT2D eigenvalue weighted by atomic mass is 9.99. The molecule has 0 unspecified atom stereocenters. The number of nitrogens with one attached hydrogen (secondary N) is 1. The van der Waals surface area contributed by atoms with Crippen LogP contribution in [0.25, 0.3) is 5.57 Å². The fraction of sp³-hybridized carbons (Fsp3) is 0.333. The van der Waals surface area contributed by atoms with Crippen molar-refractivity contribution in [2.24, 2.45) is 5.92 Å². The van der Waals surface area contributed by atoms with Gasteiger partial charge in [-0.2, -0.15) is 0 Å². The zero-order chi connectivity index (χ0) is 21.3.